The highest BCUT2D eigenvalue weighted by molar-refractivity contribution is 5.78. The summed E-state index contributed by atoms with van der Waals surface area (Å²) in [4.78, 5) is 11.2. The fourth-order valence-corrected chi connectivity index (χ4v) is 2.13. The molecule has 16 heavy (non-hydrogen) atoms. The molecule has 0 saturated carbocycles. The first-order valence-electron chi connectivity index (χ1n) is 5.37. The summed E-state index contributed by atoms with van der Waals surface area (Å²) in [6, 6.07) is 8.25. The molecule has 0 spiro atoms. The summed E-state index contributed by atoms with van der Waals surface area (Å²) < 4.78 is 0. The quantitative estimate of drug-likeness (QED) is 0.777. The van der Waals surface area contributed by atoms with Crippen molar-refractivity contribution in [3.63, 3.8) is 0 Å². The van der Waals surface area contributed by atoms with Crippen LogP contribution in [-0.2, 0) is 10.2 Å². The third-order valence-electron chi connectivity index (χ3n) is 2.83. The van der Waals surface area contributed by atoms with Gasteiger partial charge < -0.3 is 0 Å². The van der Waals surface area contributed by atoms with Gasteiger partial charge in [-0.2, -0.15) is 5.26 Å². The van der Waals surface area contributed by atoms with Gasteiger partial charge in [-0.05, 0) is 38.8 Å². The van der Waals surface area contributed by atoms with Crippen LogP contribution >= 0.6 is 0 Å². The molecule has 1 atom stereocenters. The lowest BCUT2D eigenvalue weighted by Crippen LogP contribution is -2.24. The normalized spacial score (nSPS) is 13.9. The molecule has 0 heterocycles. The molecule has 0 amide bonds. The van der Waals surface area contributed by atoms with Gasteiger partial charge in [0.2, 0.25) is 0 Å². The average Bonchev–Trinajstić information content (AvgIpc) is 2.16. The van der Waals surface area contributed by atoms with E-state index in [9.17, 15) is 10.1 Å². The largest absolute Gasteiger partial charge is 0.300 e. The molecule has 0 saturated heterocycles. The molecule has 1 aromatic rings. The zero-order valence-corrected chi connectivity index (χ0v) is 10.3. The molecule has 2 nitrogen and oxygen atoms in total. The van der Waals surface area contributed by atoms with Crippen LogP contribution in [0.2, 0.25) is 0 Å². The molecular formula is C14H17NO. The van der Waals surface area contributed by atoms with Crippen molar-refractivity contribution >= 4 is 5.78 Å². The van der Waals surface area contributed by atoms with E-state index in [4.69, 9.17) is 0 Å². The molecule has 0 bridgehead atoms. The highest BCUT2D eigenvalue weighted by Gasteiger charge is 2.29. The second-order valence-electron chi connectivity index (χ2n) is 4.64. The smallest absolute Gasteiger partial charge is 0.131 e. The first-order valence-corrected chi connectivity index (χ1v) is 5.37. The Morgan fingerprint density at radius 3 is 2.50 bits per heavy atom. The minimum atomic E-state index is -0.705. The maximum atomic E-state index is 11.2. The number of benzene rings is 1. The van der Waals surface area contributed by atoms with E-state index in [0.29, 0.717) is 0 Å². The van der Waals surface area contributed by atoms with Gasteiger partial charge in [-0.3, -0.25) is 4.79 Å². The minimum absolute atomic E-state index is 0.0454. The van der Waals surface area contributed by atoms with Gasteiger partial charge >= 0.3 is 0 Å². The third kappa shape index (κ3) is 2.49. The Morgan fingerprint density at radius 1 is 1.44 bits per heavy atom. The van der Waals surface area contributed by atoms with Crippen molar-refractivity contribution in [2.45, 2.75) is 39.5 Å². The van der Waals surface area contributed by atoms with Crippen LogP contribution in [0.3, 0.4) is 0 Å². The fraction of sp³-hybridized carbons (Fsp3) is 0.429. The van der Waals surface area contributed by atoms with E-state index in [2.05, 4.69) is 6.07 Å². The van der Waals surface area contributed by atoms with Gasteiger partial charge in [0.1, 0.15) is 5.78 Å². The number of nitrogens with zero attached hydrogens (tertiary/aromatic N) is 1. The number of Topliss-reactive ketones (excluding diaryl/α,β-unsaturated/α-hetero) is 1. The molecule has 0 aliphatic rings. The Morgan fingerprint density at radius 2 is 2.06 bits per heavy atom. The van der Waals surface area contributed by atoms with Crippen LogP contribution in [-0.4, -0.2) is 5.78 Å². The molecule has 0 N–H and O–H groups in total. The van der Waals surface area contributed by atoms with E-state index in [1.165, 1.54) is 12.5 Å². The van der Waals surface area contributed by atoms with Crippen LogP contribution in [0, 0.1) is 25.2 Å². The topological polar surface area (TPSA) is 40.9 Å². The zero-order chi connectivity index (χ0) is 12.3. The summed E-state index contributed by atoms with van der Waals surface area (Å²) in [5, 5.41) is 9.28. The number of aryl methyl sites for hydroxylation is 2. The lowest BCUT2D eigenvalue weighted by molar-refractivity contribution is -0.117. The molecule has 0 fully saturated rings. The SMILES string of the molecule is CC(=O)CC(C)(C#N)c1ccc(C)cc1C. The average molecular weight is 215 g/mol. The van der Waals surface area contributed by atoms with E-state index in [1.54, 1.807) is 0 Å². The van der Waals surface area contributed by atoms with Crippen molar-refractivity contribution in [2.24, 2.45) is 0 Å². The predicted molar refractivity (Wildman–Crippen MR) is 64.2 cm³/mol. The summed E-state index contributed by atoms with van der Waals surface area (Å²) in [6.07, 6.45) is 0.271. The molecule has 84 valence electrons. The maximum Gasteiger partial charge on any atom is 0.131 e. The first kappa shape index (κ1) is 12.4. The molecule has 0 aromatic heterocycles. The van der Waals surface area contributed by atoms with Crippen LogP contribution in [0.5, 0.6) is 0 Å². The number of carbonyl (C=O) groups excluding carboxylic acids is 1. The van der Waals surface area contributed by atoms with Gasteiger partial charge in [0.25, 0.3) is 0 Å². The molecule has 1 aromatic carbocycles. The highest BCUT2D eigenvalue weighted by Crippen LogP contribution is 2.30. The van der Waals surface area contributed by atoms with Crippen LogP contribution in [0.15, 0.2) is 18.2 Å². The summed E-state index contributed by atoms with van der Waals surface area (Å²) >= 11 is 0. The monoisotopic (exact) mass is 215 g/mol. The van der Waals surface area contributed by atoms with Gasteiger partial charge in [-0.1, -0.05) is 23.8 Å². The van der Waals surface area contributed by atoms with Crippen LogP contribution in [0.1, 0.15) is 37.0 Å². The number of nitriles is 1. The van der Waals surface area contributed by atoms with Gasteiger partial charge in [-0.15, -0.1) is 0 Å². The summed E-state index contributed by atoms with van der Waals surface area (Å²) in [6.45, 7) is 7.36. The minimum Gasteiger partial charge on any atom is -0.300 e. The second-order valence-corrected chi connectivity index (χ2v) is 4.64. The molecular weight excluding hydrogens is 198 g/mol. The van der Waals surface area contributed by atoms with E-state index in [-0.39, 0.29) is 12.2 Å². The number of hydrogen-bond donors (Lipinski definition) is 0. The van der Waals surface area contributed by atoms with Gasteiger partial charge in [0.15, 0.2) is 0 Å². The first-order chi connectivity index (χ1) is 7.39. The summed E-state index contributed by atoms with van der Waals surface area (Å²) in [7, 11) is 0. The summed E-state index contributed by atoms with van der Waals surface area (Å²) in [5.41, 5.74) is 2.49. The van der Waals surface area contributed by atoms with E-state index >= 15 is 0 Å². The van der Waals surface area contributed by atoms with Gasteiger partial charge in [0.05, 0.1) is 11.5 Å². The Balaban J connectivity index is 3.24. The predicted octanol–water partition coefficient (Wildman–Crippen LogP) is 3.06. The van der Waals surface area contributed by atoms with Crippen molar-refractivity contribution < 1.29 is 4.79 Å². The number of carbonyl (C=O) groups is 1. The molecule has 0 aliphatic carbocycles. The van der Waals surface area contributed by atoms with Crippen molar-refractivity contribution in [2.75, 3.05) is 0 Å². The number of ketones is 1. The second kappa shape index (κ2) is 4.49. The highest BCUT2D eigenvalue weighted by atomic mass is 16.1. The van der Waals surface area contributed by atoms with Crippen LogP contribution < -0.4 is 0 Å². The molecule has 2 heteroatoms. The Labute approximate surface area is 96.9 Å². The van der Waals surface area contributed by atoms with Gasteiger partial charge in [-0.25, -0.2) is 0 Å². The Kier molecular flexibility index (Phi) is 3.49. The van der Waals surface area contributed by atoms with E-state index < -0.39 is 5.41 Å². The zero-order valence-electron chi connectivity index (χ0n) is 10.3. The van der Waals surface area contributed by atoms with Crippen molar-refractivity contribution in [3.05, 3.63) is 34.9 Å². The Hall–Kier alpha value is -1.62. The lowest BCUT2D eigenvalue weighted by Gasteiger charge is -2.23. The molecule has 0 radical (unpaired) electrons. The third-order valence-corrected chi connectivity index (χ3v) is 2.83. The van der Waals surface area contributed by atoms with Crippen molar-refractivity contribution in [1.82, 2.24) is 0 Å². The number of rotatable bonds is 3. The molecule has 1 unspecified atom stereocenters. The lowest BCUT2D eigenvalue weighted by atomic mass is 9.77. The maximum absolute atomic E-state index is 11.2. The Bertz CT molecular complexity index is 456. The van der Waals surface area contributed by atoms with Crippen LogP contribution in [0.25, 0.3) is 0 Å². The van der Waals surface area contributed by atoms with Gasteiger partial charge in [0, 0.05) is 6.42 Å². The van der Waals surface area contributed by atoms with E-state index in [0.717, 1.165) is 11.1 Å². The summed E-state index contributed by atoms with van der Waals surface area (Å²) in [5.74, 6) is 0.0454. The fourth-order valence-electron chi connectivity index (χ4n) is 2.13. The number of hydrogen-bond acceptors (Lipinski definition) is 2. The van der Waals surface area contributed by atoms with Crippen molar-refractivity contribution in [3.8, 4) is 6.07 Å². The molecule has 1 rings (SSSR count). The standard InChI is InChI=1S/C14H17NO/c1-10-5-6-13(11(2)7-10)14(4,9-15)8-12(3)16/h5-7H,8H2,1-4H3. The molecule has 0 aliphatic heterocycles. The van der Waals surface area contributed by atoms with Crippen molar-refractivity contribution in [1.29, 1.82) is 5.26 Å². The van der Waals surface area contributed by atoms with E-state index in [1.807, 2.05) is 39.0 Å². The van der Waals surface area contributed by atoms with Crippen LogP contribution in [0.4, 0.5) is 0 Å².